The van der Waals surface area contributed by atoms with Gasteiger partial charge in [-0.05, 0) is 67.6 Å². The number of anilines is 2. The maximum atomic E-state index is 12.4. The highest BCUT2D eigenvalue weighted by Crippen LogP contribution is 2.38. The van der Waals surface area contributed by atoms with Crippen LogP contribution in [0.3, 0.4) is 0 Å². The lowest BCUT2D eigenvalue weighted by atomic mass is 9.93. The number of nitrogens with zero attached hydrogens (tertiary/aromatic N) is 4. The van der Waals surface area contributed by atoms with E-state index in [1.165, 1.54) is 35.3 Å². The van der Waals surface area contributed by atoms with Crippen molar-refractivity contribution in [1.29, 1.82) is 0 Å². The molecule has 6 heteroatoms. The van der Waals surface area contributed by atoms with Gasteiger partial charge >= 0.3 is 0 Å². The van der Waals surface area contributed by atoms with Crippen molar-refractivity contribution in [1.82, 2.24) is 9.80 Å². The summed E-state index contributed by atoms with van der Waals surface area (Å²) in [6, 6.07) is 12.8. The maximum Gasteiger partial charge on any atom is 0.141 e. The van der Waals surface area contributed by atoms with Crippen molar-refractivity contribution in [3.8, 4) is 5.75 Å². The van der Waals surface area contributed by atoms with E-state index in [4.69, 9.17) is 4.74 Å². The van der Waals surface area contributed by atoms with Crippen molar-refractivity contribution in [3.63, 3.8) is 0 Å². The third-order valence-corrected chi connectivity index (χ3v) is 8.34. The van der Waals surface area contributed by atoms with Crippen LogP contribution < -0.4 is 14.5 Å². The van der Waals surface area contributed by atoms with Crippen LogP contribution in [0.25, 0.3) is 0 Å². The summed E-state index contributed by atoms with van der Waals surface area (Å²) in [5.74, 6) is 1.79. The topological polar surface area (TPSA) is 39.3 Å². The zero-order chi connectivity index (χ0) is 24.4. The molecule has 2 saturated heterocycles. The molecule has 35 heavy (non-hydrogen) atoms. The molecule has 3 aliphatic heterocycles. The SMILES string of the molecule is COc1ccc(N2CCN(C)CC2)c2c1CCN([C@H](C=O)c1ccc(N3CCC(C)CC3)cc1)C2. The molecule has 0 bridgehead atoms. The minimum absolute atomic E-state index is 0.231. The van der Waals surface area contributed by atoms with Gasteiger partial charge in [0.15, 0.2) is 0 Å². The fraction of sp³-hybridized carbons (Fsp3) is 0.552. The largest absolute Gasteiger partial charge is 0.496 e. The number of carbonyl (C=O) groups is 1. The summed E-state index contributed by atoms with van der Waals surface area (Å²) in [6.07, 6.45) is 4.53. The highest BCUT2D eigenvalue weighted by Gasteiger charge is 2.30. The number of benzene rings is 2. The van der Waals surface area contributed by atoms with Crippen LogP contribution >= 0.6 is 0 Å². The minimum Gasteiger partial charge on any atom is -0.496 e. The van der Waals surface area contributed by atoms with Crippen molar-refractivity contribution in [2.45, 2.75) is 38.8 Å². The second-order valence-corrected chi connectivity index (χ2v) is 10.6. The number of ether oxygens (including phenoxy) is 1. The first-order valence-electron chi connectivity index (χ1n) is 13.2. The van der Waals surface area contributed by atoms with E-state index in [0.717, 1.165) is 82.3 Å². The first kappa shape index (κ1) is 24.1. The maximum absolute atomic E-state index is 12.4. The summed E-state index contributed by atoms with van der Waals surface area (Å²) < 4.78 is 5.74. The van der Waals surface area contributed by atoms with Crippen molar-refractivity contribution >= 4 is 17.7 Å². The number of piperazine rings is 1. The average molecular weight is 477 g/mol. The molecule has 2 aromatic rings. The normalized spacial score (nSPS) is 21.0. The Balaban J connectivity index is 1.37. The Morgan fingerprint density at radius 2 is 1.60 bits per heavy atom. The molecule has 5 rings (SSSR count). The molecule has 0 spiro atoms. The number of hydrogen-bond acceptors (Lipinski definition) is 6. The van der Waals surface area contributed by atoms with Gasteiger partial charge in [0.25, 0.3) is 0 Å². The Bertz CT molecular complexity index is 1010. The molecule has 188 valence electrons. The number of rotatable bonds is 6. The molecule has 2 fully saturated rings. The molecule has 0 aromatic heterocycles. The molecule has 2 aromatic carbocycles. The van der Waals surface area contributed by atoms with Crippen LogP contribution in [0.1, 0.15) is 42.5 Å². The van der Waals surface area contributed by atoms with Crippen LogP contribution in [0.5, 0.6) is 5.75 Å². The standard InChI is InChI=1S/C29H40N4O2/c1-22-10-13-31(14-11-22)24-6-4-23(5-7-24)28(21-34)33-15-12-25-26(20-33)27(8-9-29(25)35-3)32-18-16-30(2)17-19-32/h4-9,21-22,28H,10-20H2,1-3H3/t28-/m1/s1. The second-order valence-electron chi connectivity index (χ2n) is 10.6. The van der Waals surface area contributed by atoms with Crippen LogP contribution in [0.2, 0.25) is 0 Å². The summed E-state index contributed by atoms with van der Waals surface area (Å²) in [4.78, 5) is 22.1. The fourth-order valence-electron chi connectivity index (χ4n) is 5.94. The molecule has 0 radical (unpaired) electrons. The first-order chi connectivity index (χ1) is 17.1. The van der Waals surface area contributed by atoms with Crippen molar-refractivity contribution < 1.29 is 9.53 Å². The highest BCUT2D eigenvalue weighted by molar-refractivity contribution is 5.65. The number of likely N-dealkylation sites (N-methyl/N-ethyl adjacent to an activating group) is 1. The zero-order valence-electron chi connectivity index (χ0n) is 21.6. The molecule has 0 amide bonds. The Kier molecular flexibility index (Phi) is 7.30. The van der Waals surface area contributed by atoms with Gasteiger partial charge in [-0.2, -0.15) is 0 Å². The monoisotopic (exact) mass is 476 g/mol. The van der Waals surface area contributed by atoms with Gasteiger partial charge in [-0.15, -0.1) is 0 Å². The second kappa shape index (κ2) is 10.6. The molecule has 3 aliphatic rings. The smallest absolute Gasteiger partial charge is 0.141 e. The Morgan fingerprint density at radius 3 is 2.26 bits per heavy atom. The summed E-state index contributed by atoms with van der Waals surface area (Å²) in [6.45, 7) is 10.4. The lowest BCUT2D eigenvalue weighted by Crippen LogP contribution is -2.45. The van der Waals surface area contributed by atoms with Gasteiger partial charge < -0.3 is 24.2 Å². The van der Waals surface area contributed by atoms with E-state index in [1.54, 1.807) is 7.11 Å². The van der Waals surface area contributed by atoms with Crippen LogP contribution in [0.15, 0.2) is 36.4 Å². The zero-order valence-corrected chi connectivity index (χ0v) is 21.6. The van der Waals surface area contributed by atoms with Crippen molar-refractivity contribution in [3.05, 3.63) is 53.1 Å². The van der Waals surface area contributed by atoms with Gasteiger partial charge in [-0.25, -0.2) is 0 Å². The van der Waals surface area contributed by atoms with Gasteiger partial charge in [0.1, 0.15) is 12.0 Å². The first-order valence-corrected chi connectivity index (χ1v) is 13.2. The van der Waals surface area contributed by atoms with E-state index < -0.39 is 0 Å². The van der Waals surface area contributed by atoms with Crippen molar-refractivity contribution in [2.75, 3.05) is 69.8 Å². The molecule has 0 saturated carbocycles. The van der Waals surface area contributed by atoms with Gasteiger partial charge in [0, 0.05) is 69.3 Å². The van der Waals surface area contributed by atoms with Gasteiger partial charge in [-0.3, -0.25) is 4.90 Å². The third kappa shape index (κ3) is 5.05. The van der Waals surface area contributed by atoms with E-state index in [9.17, 15) is 4.79 Å². The van der Waals surface area contributed by atoms with E-state index in [0.29, 0.717) is 0 Å². The number of piperidine rings is 1. The van der Waals surface area contributed by atoms with Gasteiger partial charge in [-0.1, -0.05) is 19.1 Å². The molecular weight excluding hydrogens is 436 g/mol. The molecule has 0 aliphatic carbocycles. The number of fused-ring (bicyclic) bond motifs is 1. The van der Waals surface area contributed by atoms with E-state index in [-0.39, 0.29) is 6.04 Å². The molecular formula is C29H40N4O2. The Hall–Kier alpha value is -2.57. The fourth-order valence-corrected chi connectivity index (χ4v) is 5.94. The molecule has 6 nitrogen and oxygen atoms in total. The van der Waals surface area contributed by atoms with Crippen molar-refractivity contribution in [2.24, 2.45) is 5.92 Å². The number of aldehydes is 1. The van der Waals surface area contributed by atoms with E-state index in [1.807, 2.05) is 0 Å². The van der Waals surface area contributed by atoms with Gasteiger partial charge in [0.05, 0.1) is 13.2 Å². The van der Waals surface area contributed by atoms with Gasteiger partial charge in [0.2, 0.25) is 0 Å². The van der Waals surface area contributed by atoms with Crippen LogP contribution in [-0.2, 0) is 17.8 Å². The quantitative estimate of drug-likeness (QED) is 0.588. The highest BCUT2D eigenvalue weighted by atomic mass is 16.5. The summed E-state index contributed by atoms with van der Waals surface area (Å²) >= 11 is 0. The van der Waals surface area contributed by atoms with E-state index in [2.05, 4.69) is 70.0 Å². The number of hydrogen-bond donors (Lipinski definition) is 0. The van der Waals surface area contributed by atoms with Crippen LogP contribution in [0.4, 0.5) is 11.4 Å². The lowest BCUT2D eigenvalue weighted by Gasteiger charge is -2.39. The third-order valence-electron chi connectivity index (χ3n) is 8.34. The molecule has 1 atom stereocenters. The molecule has 0 unspecified atom stereocenters. The molecule has 0 N–H and O–H groups in total. The number of methoxy groups -OCH3 is 1. The minimum atomic E-state index is -0.231. The predicted octanol–water partition coefficient (Wildman–Crippen LogP) is 3.98. The Labute approximate surface area is 210 Å². The average Bonchev–Trinajstić information content (AvgIpc) is 2.90. The summed E-state index contributed by atoms with van der Waals surface area (Å²) in [5, 5.41) is 0. The summed E-state index contributed by atoms with van der Waals surface area (Å²) in [5.41, 5.74) is 6.29. The van der Waals surface area contributed by atoms with Crippen LogP contribution in [-0.4, -0.2) is 76.1 Å². The Morgan fingerprint density at radius 1 is 0.886 bits per heavy atom. The molecule has 3 heterocycles. The predicted molar refractivity (Wildman–Crippen MR) is 143 cm³/mol. The van der Waals surface area contributed by atoms with Crippen LogP contribution in [0, 0.1) is 5.92 Å². The number of carbonyl (C=O) groups excluding carboxylic acids is 1. The summed E-state index contributed by atoms with van der Waals surface area (Å²) in [7, 11) is 3.95. The lowest BCUT2D eigenvalue weighted by molar-refractivity contribution is -0.113. The van der Waals surface area contributed by atoms with E-state index >= 15 is 0 Å².